The normalized spacial score (nSPS) is 10.3. The van der Waals surface area contributed by atoms with Crippen LogP contribution in [0, 0.1) is 0 Å². The lowest BCUT2D eigenvalue weighted by Gasteiger charge is -2.04. The minimum Gasteiger partial charge on any atom is -0.241 e. The Labute approximate surface area is 102 Å². The Hall–Kier alpha value is -0.800. The van der Waals surface area contributed by atoms with Gasteiger partial charge in [-0.3, -0.25) is 0 Å². The van der Waals surface area contributed by atoms with Gasteiger partial charge in [-0.05, 0) is 24.5 Å². The largest absolute Gasteiger partial charge is 0.241 e. The zero-order valence-electron chi connectivity index (χ0n) is 8.27. The second kappa shape index (κ2) is 4.81. The Morgan fingerprint density at radius 1 is 1.07 bits per heavy atom. The quantitative estimate of drug-likeness (QED) is 0.763. The molecule has 1 nitrogen and oxygen atoms in total. The van der Waals surface area contributed by atoms with E-state index in [-0.39, 0.29) is 0 Å². The molecule has 0 saturated carbocycles. The van der Waals surface area contributed by atoms with Crippen LogP contribution in [-0.2, 0) is 0 Å². The third-order valence-corrected chi connectivity index (χ3v) is 3.42. The number of hydrogen-bond donors (Lipinski definition) is 0. The molecule has 0 bridgehead atoms. The molecular weight excluding hydrogens is 270 g/mol. The zero-order chi connectivity index (χ0) is 10.7. The van der Waals surface area contributed by atoms with Crippen LogP contribution in [0.2, 0.25) is 0 Å². The molecule has 0 aliphatic rings. The van der Waals surface area contributed by atoms with E-state index in [0.29, 0.717) is 0 Å². The van der Waals surface area contributed by atoms with Crippen molar-refractivity contribution in [1.29, 1.82) is 0 Å². The van der Waals surface area contributed by atoms with E-state index in [0.717, 1.165) is 20.8 Å². The smallest absolute Gasteiger partial charge is 0.0964 e. The Morgan fingerprint density at radius 3 is 2.60 bits per heavy atom. The van der Waals surface area contributed by atoms with Crippen LogP contribution in [-0.4, -0.2) is 11.2 Å². The fourth-order valence-corrected chi connectivity index (χ4v) is 2.24. The minimum absolute atomic E-state index is 1.01. The van der Waals surface area contributed by atoms with E-state index < -0.39 is 0 Å². The Bertz CT molecular complexity index is 471. The summed E-state index contributed by atoms with van der Waals surface area (Å²) in [5.74, 6) is 0. The maximum atomic E-state index is 4.56. The van der Waals surface area contributed by atoms with Gasteiger partial charge < -0.3 is 0 Å². The lowest BCUT2D eigenvalue weighted by molar-refractivity contribution is 1.14. The molecule has 2 rings (SSSR count). The van der Waals surface area contributed by atoms with Gasteiger partial charge in [0.2, 0.25) is 0 Å². The molecule has 0 unspecified atom stereocenters. The van der Waals surface area contributed by atoms with Crippen molar-refractivity contribution in [3.63, 3.8) is 0 Å². The van der Waals surface area contributed by atoms with Gasteiger partial charge >= 0.3 is 0 Å². The van der Waals surface area contributed by atoms with Crippen molar-refractivity contribution in [2.75, 3.05) is 6.26 Å². The molecule has 0 aliphatic heterocycles. The highest BCUT2D eigenvalue weighted by molar-refractivity contribution is 9.10. The molecule has 0 saturated heterocycles. The summed E-state index contributed by atoms with van der Waals surface area (Å²) in [7, 11) is 0. The topological polar surface area (TPSA) is 12.9 Å². The SMILES string of the molecule is CSc1cccc(-c2ccccc2Br)n1. The van der Waals surface area contributed by atoms with E-state index in [1.54, 1.807) is 11.8 Å². The first-order chi connectivity index (χ1) is 7.31. The maximum Gasteiger partial charge on any atom is 0.0964 e. The van der Waals surface area contributed by atoms with Gasteiger partial charge in [0.05, 0.1) is 10.7 Å². The molecule has 0 atom stereocenters. The highest BCUT2D eigenvalue weighted by Crippen LogP contribution is 2.27. The molecule has 1 heterocycles. The zero-order valence-corrected chi connectivity index (χ0v) is 10.7. The molecule has 0 N–H and O–H groups in total. The van der Waals surface area contributed by atoms with Gasteiger partial charge in [-0.2, -0.15) is 0 Å². The van der Waals surface area contributed by atoms with Crippen molar-refractivity contribution in [3.8, 4) is 11.3 Å². The molecule has 1 aromatic carbocycles. The van der Waals surface area contributed by atoms with E-state index in [1.165, 1.54) is 0 Å². The minimum atomic E-state index is 1.01. The van der Waals surface area contributed by atoms with Gasteiger partial charge in [-0.25, -0.2) is 4.98 Å². The molecule has 0 fully saturated rings. The molecule has 0 aliphatic carbocycles. The van der Waals surface area contributed by atoms with E-state index >= 15 is 0 Å². The summed E-state index contributed by atoms with van der Waals surface area (Å²) in [6.45, 7) is 0. The van der Waals surface area contributed by atoms with Crippen LogP contribution in [0.1, 0.15) is 0 Å². The van der Waals surface area contributed by atoms with Crippen LogP contribution < -0.4 is 0 Å². The number of nitrogens with zero attached hydrogens (tertiary/aromatic N) is 1. The first-order valence-electron chi connectivity index (χ1n) is 4.57. The predicted octanol–water partition coefficient (Wildman–Crippen LogP) is 4.23. The molecule has 3 heteroatoms. The summed E-state index contributed by atoms with van der Waals surface area (Å²) in [6.07, 6.45) is 2.03. The molecule has 0 spiro atoms. The summed E-state index contributed by atoms with van der Waals surface area (Å²) >= 11 is 5.19. The second-order valence-electron chi connectivity index (χ2n) is 3.05. The predicted molar refractivity (Wildman–Crippen MR) is 69.2 cm³/mol. The number of pyridine rings is 1. The Morgan fingerprint density at radius 2 is 1.87 bits per heavy atom. The van der Waals surface area contributed by atoms with Gasteiger partial charge in [0, 0.05) is 10.0 Å². The van der Waals surface area contributed by atoms with Crippen molar-refractivity contribution in [1.82, 2.24) is 4.98 Å². The molecule has 0 radical (unpaired) electrons. The maximum absolute atomic E-state index is 4.56. The van der Waals surface area contributed by atoms with Gasteiger partial charge in [0.25, 0.3) is 0 Å². The Kier molecular flexibility index (Phi) is 3.44. The fourth-order valence-electron chi connectivity index (χ4n) is 1.35. The summed E-state index contributed by atoms with van der Waals surface area (Å²) in [5.41, 5.74) is 2.14. The molecule has 76 valence electrons. The van der Waals surface area contributed by atoms with Gasteiger partial charge in [0.15, 0.2) is 0 Å². The van der Waals surface area contributed by atoms with E-state index in [2.05, 4.69) is 27.0 Å². The second-order valence-corrected chi connectivity index (χ2v) is 4.73. The van der Waals surface area contributed by atoms with Crippen LogP contribution in [0.3, 0.4) is 0 Å². The average Bonchev–Trinajstić information content (AvgIpc) is 2.30. The number of benzene rings is 1. The highest BCUT2D eigenvalue weighted by atomic mass is 79.9. The summed E-state index contributed by atoms with van der Waals surface area (Å²) in [6, 6.07) is 14.2. The number of halogens is 1. The van der Waals surface area contributed by atoms with Crippen LogP contribution in [0.15, 0.2) is 52.0 Å². The first kappa shape index (κ1) is 10.7. The lowest BCUT2D eigenvalue weighted by Crippen LogP contribution is -1.85. The van der Waals surface area contributed by atoms with Gasteiger partial charge in [-0.1, -0.05) is 40.2 Å². The Balaban J connectivity index is 2.49. The van der Waals surface area contributed by atoms with E-state index in [9.17, 15) is 0 Å². The third-order valence-electron chi connectivity index (χ3n) is 2.08. The summed E-state index contributed by atoms with van der Waals surface area (Å²) in [4.78, 5) is 4.56. The highest BCUT2D eigenvalue weighted by Gasteiger charge is 2.03. The fraction of sp³-hybridized carbons (Fsp3) is 0.0833. The molecular formula is C12H10BrNS. The number of hydrogen-bond acceptors (Lipinski definition) is 2. The molecule has 15 heavy (non-hydrogen) atoms. The van der Waals surface area contributed by atoms with Crippen LogP contribution in [0.25, 0.3) is 11.3 Å². The third kappa shape index (κ3) is 2.41. The van der Waals surface area contributed by atoms with Crippen LogP contribution >= 0.6 is 27.7 Å². The summed E-state index contributed by atoms with van der Waals surface area (Å²) in [5, 5.41) is 1.04. The number of rotatable bonds is 2. The summed E-state index contributed by atoms with van der Waals surface area (Å²) < 4.78 is 1.08. The first-order valence-corrected chi connectivity index (χ1v) is 6.59. The lowest BCUT2D eigenvalue weighted by atomic mass is 10.1. The molecule has 0 amide bonds. The van der Waals surface area contributed by atoms with Gasteiger partial charge in [0.1, 0.15) is 0 Å². The van der Waals surface area contributed by atoms with Gasteiger partial charge in [-0.15, -0.1) is 11.8 Å². The molecule has 1 aromatic heterocycles. The van der Waals surface area contributed by atoms with E-state index in [4.69, 9.17) is 0 Å². The number of aromatic nitrogens is 1. The van der Waals surface area contributed by atoms with Crippen LogP contribution in [0.4, 0.5) is 0 Å². The monoisotopic (exact) mass is 279 g/mol. The average molecular weight is 280 g/mol. The van der Waals surface area contributed by atoms with E-state index in [1.807, 2.05) is 42.7 Å². The number of thioether (sulfide) groups is 1. The van der Waals surface area contributed by atoms with Crippen LogP contribution in [0.5, 0.6) is 0 Å². The molecule has 2 aromatic rings. The standard InChI is InChI=1S/C12H10BrNS/c1-15-12-8-4-7-11(14-12)9-5-2-3-6-10(9)13/h2-8H,1H3. The van der Waals surface area contributed by atoms with Crippen molar-refractivity contribution in [2.45, 2.75) is 5.03 Å². The van der Waals surface area contributed by atoms with Crippen molar-refractivity contribution in [3.05, 3.63) is 46.9 Å². The van der Waals surface area contributed by atoms with Crippen molar-refractivity contribution in [2.24, 2.45) is 0 Å². The van der Waals surface area contributed by atoms with Crippen molar-refractivity contribution < 1.29 is 0 Å². The van der Waals surface area contributed by atoms with Crippen molar-refractivity contribution >= 4 is 27.7 Å².